The number of nitrogens with zero attached hydrogens (tertiary/aromatic N) is 1. The van der Waals surface area contributed by atoms with Gasteiger partial charge in [-0.05, 0) is 11.5 Å². The zero-order valence-electron chi connectivity index (χ0n) is 16.5. The Labute approximate surface area is 187 Å². The fourth-order valence-corrected chi connectivity index (χ4v) is 4.53. The van der Waals surface area contributed by atoms with Gasteiger partial charge in [0.15, 0.2) is 17.6 Å². The average molecular weight is 473 g/mol. The number of fused-ring (bicyclic) bond motifs is 1. The fraction of sp³-hybridized carbons (Fsp3) is 0.238. The lowest BCUT2D eigenvalue weighted by Gasteiger charge is -2.26. The topological polar surface area (TPSA) is 123 Å². The third-order valence-electron chi connectivity index (χ3n) is 5.09. The summed E-state index contributed by atoms with van der Waals surface area (Å²) in [6, 6.07) is 14.2. The highest BCUT2D eigenvalue weighted by molar-refractivity contribution is 8.00. The Kier molecular flexibility index (Phi) is 6.22. The van der Waals surface area contributed by atoms with Gasteiger partial charge in [0.05, 0.1) is 0 Å². The Balaban J connectivity index is 1.48. The summed E-state index contributed by atoms with van der Waals surface area (Å²) < 4.78 is 17.9. The van der Waals surface area contributed by atoms with Gasteiger partial charge in [0.2, 0.25) is 11.8 Å². The Bertz CT molecular complexity index is 1330. The van der Waals surface area contributed by atoms with Crippen molar-refractivity contribution < 1.29 is 24.0 Å². The second kappa shape index (κ2) is 8.92. The number of aromatic amines is 1. The molecule has 0 aliphatic carbocycles. The molecule has 0 radical (unpaired) electrons. The van der Waals surface area contributed by atoms with Gasteiger partial charge in [-0.3, -0.25) is 14.3 Å². The molecule has 1 unspecified atom stereocenters. The van der Waals surface area contributed by atoms with Crippen molar-refractivity contribution in [3.63, 3.8) is 0 Å². The van der Waals surface area contributed by atoms with E-state index in [1.54, 1.807) is 6.07 Å². The van der Waals surface area contributed by atoms with Crippen LogP contribution in [-0.2, 0) is 21.1 Å². The summed E-state index contributed by atoms with van der Waals surface area (Å²) in [5.41, 5.74) is -3.72. The molecule has 4 rings (SSSR count). The highest BCUT2D eigenvalue weighted by atomic mass is 32.4. The first kappa shape index (κ1) is 22.3. The van der Waals surface area contributed by atoms with Gasteiger partial charge in [0.1, 0.15) is 18.8 Å². The standard InChI is InChI=1S/C21H17N2O7PS/c1-2-21(27)18(25)16(29-19(21)23-11-10-17(24)22-20(23)26)12-28-31(32)30-15-9-5-7-13-6-3-4-8-14(13)15/h1,3-11,16,18-19,25,27H,12H2/p+1/t16-,18-,19-,21-/m1/s1. The number of aromatic nitrogens is 2. The van der Waals surface area contributed by atoms with Crippen LogP contribution in [0.3, 0.4) is 0 Å². The van der Waals surface area contributed by atoms with Crippen LogP contribution in [0.2, 0.25) is 0 Å². The first-order chi connectivity index (χ1) is 15.3. The summed E-state index contributed by atoms with van der Waals surface area (Å²) >= 11 is 5.28. The minimum Gasteiger partial charge on any atom is -0.386 e. The number of hydrogen-bond acceptors (Lipinski definition) is 8. The summed E-state index contributed by atoms with van der Waals surface area (Å²) in [6.45, 7) is -0.250. The number of H-pyrrole nitrogens is 1. The molecule has 32 heavy (non-hydrogen) atoms. The normalized spacial score (nSPS) is 25.4. The van der Waals surface area contributed by atoms with Crippen LogP contribution in [0.5, 0.6) is 5.75 Å². The van der Waals surface area contributed by atoms with E-state index >= 15 is 0 Å². The summed E-state index contributed by atoms with van der Waals surface area (Å²) in [5.74, 6) is 2.63. The van der Waals surface area contributed by atoms with E-state index in [1.807, 2.05) is 41.4 Å². The molecule has 3 aromatic rings. The van der Waals surface area contributed by atoms with E-state index in [9.17, 15) is 19.8 Å². The van der Waals surface area contributed by atoms with Crippen LogP contribution in [0, 0.1) is 12.3 Å². The number of aliphatic hydroxyl groups is 2. The number of aliphatic hydroxyl groups excluding tert-OH is 1. The molecule has 0 spiro atoms. The fourth-order valence-electron chi connectivity index (χ4n) is 3.47. The van der Waals surface area contributed by atoms with Crippen molar-refractivity contribution in [3.8, 4) is 18.1 Å². The molecule has 1 saturated heterocycles. The number of nitrogens with one attached hydrogen (secondary N) is 1. The van der Waals surface area contributed by atoms with E-state index in [4.69, 9.17) is 32.0 Å². The van der Waals surface area contributed by atoms with Crippen LogP contribution >= 0.6 is 7.15 Å². The maximum Gasteiger partial charge on any atom is 0.573 e. The third kappa shape index (κ3) is 4.10. The second-order valence-corrected chi connectivity index (χ2v) is 8.83. The number of hydrogen-bond donors (Lipinski definition) is 3. The molecule has 0 amide bonds. The average Bonchev–Trinajstić information content (AvgIpc) is 3.03. The molecule has 1 fully saturated rings. The van der Waals surface area contributed by atoms with Crippen LogP contribution in [-0.4, -0.2) is 44.2 Å². The maximum atomic E-state index is 12.1. The number of terminal acetylenes is 1. The van der Waals surface area contributed by atoms with Crippen molar-refractivity contribution in [3.05, 3.63) is 75.6 Å². The summed E-state index contributed by atoms with van der Waals surface area (Å²) in [6.07, 6.45) is 2.40. The first-order valence-corrected chi connectivity index (χ1v) is 11.6. The molecule has 2 heterocycles. The molecule has 0 bridgehead atoms. The summed E-state index contributed by atoms with van der Waals surface area (Å²) in [7, 11) is -1.84. The SMILES string of the molecule is C#C[C@@]1(O)[C@H](O)[C@@H](CO[P+](=S)Oc2cccc3ccccc23)O[C@H]1n1ccc(=O)[nH]c1=O. The molecule has 5 atom stereocenters. The highest BCUT2D eigenvalue weighted by Crippen LogP contribution is 2.39. The number of ether oxygens (including phenoxy) is 1. The molecule has 164 valence electrons. The molecule has 3 N–H and O–H groups in total. The Hall–Kier alpha value is -2.90. The van der Waals surface area contributed by atoms with Gasteiger partial charge < -0.3 is 14.9 Å². The lowest BCUT2D eigenvalue weighted by Crippen LogP contribution is -2.48. The van der Waals surface area contributed by atoms with E-state index in [0.29, 0.717) is 5.75 Å². The van der Waals surface area contributed by atoms with Gasteiger partial charge in [0.25, 0.3) is 5.56 Å². The minimum absolute atomic E-state index is 0.250. The number of rotatable bonds is 6. The van der Waals surface area contributed by atoms with Gasteiger partial charge >= 0.3 is 12.8 Å². The van der Waals surface area contributed by atoms with Crippen LogP contribution < -0.4 is 15.8 Å². The van der Waals surface area contributed by atoms with Crippen LogP contribution in [0.15, 0.2) is 64.3 Å². The van der Waals surface area contributed by atoms with Crippen LogP contribution in [0.1, 0.15) is 6.23 Å². The highest BCUT2D eigenvalue weighted by Gasteiger charge is 2.56. The van der Waals surface area contributed by atoms with Crippen LogP contribution in [0.4, 0.5) is 0 Å². The minimum atomic E-state index is -2.24. The zero-order chi connectivity index (χ0) is 22.9. The van der Waals surface area contributed by atoms with E-state index in [0.717, 1.165) is 27.6 Å². The smallest absolute Gasteiger partial charge is 0.386 e. The monoisotopic (exact) mass is 473 g/mol. The maximum absolute atomic E-state index is 12.1. The molecule has 9 nitrogen and oxygen atoms in total. The van der Waals surface area contributed by atoms with Crippen molar-refractivity contribution in [2.24, 2.45) is 0 Å². The molecular weight excluding hydrogens is 455 g/mol. The van der Waals surface area contributed by atoms with E-state index in [2.05, 4.69) is 5.92 Å². The van der Waals surface area contributed by atoms with E-state index < -0.39 is 42.4 Å². The lowest BCUT2D eigenvalue weighted by molar-refractivity contribution is -0.0752. The van der Waals surface area contributed by atoms with Gasteiger partial charge in [-0.25, -0.2) is 9.32 Å². The quantitative estimate of drug-likeness (QED) is 0.360. The molecule has 1 aliphatic rings. The van der Waals surface area contributed by atoms with E-state index in [1.165, 1.54) is 0 Å². The Morgan fingerprint density at radius 1 is 1.25 bits per heavy atom. The molecule has 0 saturated carbocycles. The predicted molar refractivity (Wildman–Crippen MR) is 120 cm³/mol. The second-order valence-electron chi connectivity index (χ2n) is 7.05. The van der Waals surface area contributed by atoms with E-state index in [-0.39, 0.29) is 6.61 Å². The van der Waals surface area contributed by atoms with Crippen molar-refractivity contribution in [2.75, 3.05) is 6.61 Å². The number of benzene rings is 2. The van der Waals surface area contributed by atoms with Crippen molar-refractivity contribution in [2.45, 2.75) is 24.0 Å². The predicted octanol–water partition coefficient (Wildman–Crippen LogP) is 1.18. The summed E-state index contributed by atoms with van der Waals surface area (Å²) in [5, 5.41) is 23.2. The van der Waals surface area contributed by atoms with Crippen molar-refractivity contribution >= 4 is 29.7 Å². The molecule has 1 aliphatic heterocycles. The van der Waals surface area contributed by atoms with Gasteiger partial charge in [-0.15, -0.1) is 10.9 Å². The largest absolute Gasteiger partial charge is 0.573 e. The van der Waals surface area contributed by atoms with Gasteiger partial charge in [-0.1, -0.05) is 42.3 Å². The van der Waals surface area contributed by atoms with Crippen LogP contribution in [0.25, 0.3) is 10.8 Å². The molecular formula is C21H18N2O7PS+. The van der Waals surface area contributed by atoms with Crippen molar-refractivity contribution in [1.29, 1.82) is 0 Å². The van der Waals surface area contributed by atoms with Crippen molar-refractivity contribution in [1.82, 2.24) is 9.55 Å². The van der Waals surface area contributed by atoms with Gasteiger partial charge in [-0.2, -0.15) is 0 Å². The van der Waals surface area contributed by atoms with Gasteiger partial charge in [0, 0.05) is 17.6 Å². The molecule has 1 aromatic heterocycles. The Morgan fingerprint density at radius 2 is 2.00 bits per heavy atom. The third-order valence-corrected chi connectivity index (χ3v) is 6.33. The lowest BCUT2D eigenvalue weighted by atomic mass is 9.95. The summed E-state index contributed by atoms with van der Waals surface area (Å²) in [4.78, 5) is 25.5. The first-order valence-electron chi connectivity index (χ1n) is 9.44. The molecule has 2 aromatic carbocycles. The zero-order valence-corrected chi connectivity index (χ0v) is 18.2. The Morgan fingerprint density at radius 3 is 2.75 bits per heavy atom. The molecule has 11 heteroatoms.